The molecule has 1 aliphatic heterocycles. The van der Waals surface area contributed by atoms with E-state index < -0.39 is 0 Å². The van der Waals surface area contributed by atoms with Crippen LogP contribution in [0.5, 0.6) is 0 Å². The largest absolute Gasteiger partial charge is 0.456 e. The van der Waals surface area contributed by atoms with Gasteiger partial charge in [-0.3, -0.25) is 19.3 Å². The number of hydrogen-bond donors (Lipinski definition) is 1. The number of carbonyl (C=O) groups is 3. The molecule has 3 amide bonds. The van der Waals surface area contributed by atoms with Crippen molar-refractivity contribution in [2.24, 2.45) is 0 Å². The van der Waals surface area contributed by atoms with E-state index in [1.54, 1.807) is 36.9 Å². The summed E-state index contributed by atoms with van der Waals surface area (Å²) >= 11 is 2.54. The minimum atomic E-state index is -0.375. The number of imide groups is 1. The van der Waals surface area contributed by atoms with E-state index in [0.717, 1.165) is 27.1 Å². The van der Waals surface area contributed by atoms with Crippen molar-refractivity contribution in [3.8, 4) is 0 Å². The highest BCUT2D eigenvalue weighted by Gasteiger charge is 2.34. The van der Waals surface area contributed by atoms with Crippen molar-refractivity contribution >= 4 is 46.7 Å². The molecule has 2 aromatic rings. The van der Waals surface area contributed by atoms with Crippen LogP contribution in [0.3, 0.4) is 0 Å². The Kier molecular flexibility index (Phi) is 6.08. The number of nitrogens with zero attached hydrogens (tertiary/aromatic N) is 1. The number of hydrogen-bond acceptors (Lipinski definition) is 6. The maximum absolute atomic E-state index is 12.5. The van der Waals surface area contributed by atoms with E-state index in [9.17, 15) is 14.4 Å². The van der Waals surface area contributed by atoms with Crippen molar-refractivity contribution in [3.63, 3.8) is 0 Å². The zero-order chi connectivity index (χ0) is 19.4. The second-order valence-corrected chi connectivity index (χ2v) is 7.65. The molecular formula is C19H18N2O4S2. The molecule has 0 saturated carbocycles. The third-order valence-corrected chi connectivity index (χ3v) is 5.52. The van der Waals surface area contributed by atoms with Crippen molar-refractivity contribution in [1.82, 2.24) is 10.2 Å². The number of thioether (sulfide) groups is 2. The highest BCUT2D eigenvalue weighted by atomic mass is 32.2. The van der Waals surface area contributed by atoms with Crippen LogP contribution >= 0.6 is 23.5 Å². The molecule has 2 heterocycles. The third-order valence-electron chi connectivity index (χ3n) is 3.87. The molecule has 0 atom stereocenters. The molecule has 0 unspecified atom stereocenters. The monoisotopic (exact) mass is 402 g/mol. The van der Waals surface area contributed by atoms with Gasteiger partial charge in [0.2, 0.25) is 0 Å². The van der Waals surface area contributed by atoms with Crippen LogP contribution in [-0.4, -0.2) is 41.3 Å². The van der Waals surface area contributed by atoms with Gasteiger partial charge in [0.05, 0.1) is 4.91 Å². The van der Waals surface area contributed by atoms with Gasteiger partial charge in [0, 0.05) is 18.0 Å². The van der Waals surface area contributed by atoms with Crippen LogP contribution in [0.4, 0.5) is 4.79 Å². The summed E-state index contributed by atoms with van der Waals surface area (Å²) in [5.41, 5.74) is 0.861. The molecule has 1 aromatic carbocycles. The number of nitrogens with one attached hydrogen (secondary N) is 1. The van der Waals surface area contributed by atoms with E-state index in [2.05, 4.69) is 5.32 Å². The number of aryl methyl sites for hydroxylation is 1. The highest BCUT2D eigenvalue weighted by molar-refractivity contribution is 8.18. The van der Waals surface area contributed by atoms with Crippen LogP contribution in [0, 0.1) is 6.92 Å². The van der Waals surface area contributed by atoms with Gasteiger partial charge in [-0.05, 0) is 60.8 Å². The van der Waals surface area contributed by atoms with Crippen LogP contribution in [-0.2, 0) is 4.79 Å². The van der Waals surface area contributed by atoms with Gasteiger partial charge in [0.15, 0.2) is 5.76 Å². The molecule has 3 rings (SSSR count). The Morgan fingerprint density at radius 2 is 1.96 bits per heavy atom. The molecule has 1 aliphatic rings. The van der Waals surface area contributed by atoms with Crippen LogP contribution in [0.1, 0.15) is 21.9 Å². The van der Waals surface area contributed by atoms with Gasteiger partial charge in [-0.1, -0.05) is 12.1 Å². The Morgan fingerprint density at radius 1 is 1.22 bits per heavy atom. The van der Waals surface area contributed by atoms with Crippen molar-refractivity contribution in [3.05, 3.63) is 58.4 Å². The zero-order valence-corrected chi connectivity index (χ0v) is 16.5. The van der Waals surface area contributed by atoms with E-state index in [1.807, 2.05) is 30.5 Å². The second-order valence-electron chi connectivity index (χ2n) is 5.77. The molecule has 140 valence electrons. The van der Waals surface area contributed by atoms with Gasteiger partial charge >= 0.3 is 0 Å². The van der Waals surface area contributed by atoms with E-state index >= 15 is 0 Å². The summed E-state index contributed by atoms with van der Waals surface area (Å²) in [4.78, 5) is 39.2. The predicted molar refractivity (Wildman–Crippen MR) is 107 cm³/mol. The zero-order valence-electron chi connectivity index (χ0n) is 14.9. The lowest BCUT2D eigenvalue weighted by atomic mass is 10.2. The minimum Gasteiger partial charge on any atom is -0.456 e. The molecule has 1 aromatic heterocycles. The summed E-state index contributed by atoms with van der Waals surface area (Å²) in [6.07, 6.45) is 3.70. The summed E-state index contributed by atoms with van der Waals surface area (Å²) in [7, 11) is 0. The van der Waals surface area contributed by atoms with Gasteiger partial charge in [-0.25, -0.2) is 0 Å². The Morgan fingerprint density at radius 3 is 2.59 bits per heavy atom. The average Bonchev–Trinajstić information content (AvgIpc) is 3.21. The number of carbonyl (C=O) groups excluding carboxylic acids is 3. The quantitative estimate of drug-likeness (QED) is 0.585. The van der Waals surface area contributed by atoms with Gasteiger partial charge in [-0.15, -0.1) is 11.8 Å². The van der Waals surface area contributed by atoms with Crippen molar-refractivity contribution in [2.45, 2.75) is 11.8 Å². The SMILES string of the molecule is CSc1ccc(/C=C2\SC(=O)N(CCNC(=O)c3ccc(C)o3)C2=O)cc1. The highest BCUT2D eigenvalue weighted by Crippen LogP contribution is 2.32. The normalized spacial score (nSPS) is 15.6. The van der Waals surface area contributed by atoms with Gasteiger partial charge < -0.3 is 9.73 Å². The van der Waals surface area contributed by atoms with Crippen molar-refractivity contribution in [1.29, 1.82) is 0 Å². The summed E-state index contributed by atoms with van der Waals surface area (Å²) in [6, 6.07) is 11.0. The Hall–Kier alpha value is -2.45. The van der Waals surface area contributed by atoms with E-state index in [-0.39, 0.29) is 35.9 Å². The molecule has 0 aliphatic carbocycles. The Labute approximate surface area is 165 Å². The minimum absolute atomic E-state index is 0.110. The van der Waals surface area contributed by atoms with Crippen LogP contribution in [0.15, 0.2) is 50.6 Å². The van der Waals surface area contributed by atoms with Gasteiger partial charge in [-0.2, -0.15) is 0 Å². The predicted octanol–water partition coefficient (Wildman–Crippen LogP) is 3.78. The molecule has 8 heteroatoms. The lowest BCUT2D eigenvalue weighted by molar-refractivity contribution is -0.122. The lowest BCUT2D eigenvalue weighted by Crippen LogP contribution is -2.37. The molecule has 0 bridgehead atoms. The molecule has 6 nitrogen and oxygen atoms in total. The first kappa shape index (κ1) is 19.3. The summed E-state index contributed by atoms with van der Waals surface area (Å²) < 4.78 is 5.24. The Balaban J connectivity index is 1.58. The van der Waals surface area contributed by atoms with Crippen LogP contribution < -0.4 is 5.32 Å². The topological polar surface area (TPSA) is 79.6 Å². The lowest BCUT2D eigenvalue weighted by Gasteiger charge is -2.12. The molecule has 1 fully saturated rings. The fraction of sp³-hybridized carbons (Fsp3) is 0.211. The fourth-order valence-electron chi connectivity index (χ4n) is 2.47. The maximum atomic E-state index is 12.5. The summed E-state index contributed by atoms with van der Waals surface area (Å²) in [6.45, 7) is 2.02. The van der Waals surface area contributed by atoms with Gasteiger partial charge in [0.25, 0.3) is 17.1 Å². The summed E-state index contributed by atoms with van der Waals surface area (Å²) in [5.74, 6) is 0.124. The third kappa shape index (κ3) is 4.64. The van der Waals surface area contributed by atoms with E-state index in [0.29, 0.717) is 10.7 Å². The molecule has 27 heavy (non-hydrogen) atoms. The molecular weight excluding hydrogens is 384 g/mol. The molecule has 0 radical (unpaired) electrons. The number of amides is 3. The van der Waals surface area contributed by atoms with Gasteiger partial charge in [0.1, 0.15) is 5.76 Å². The van der Waals surface area contributed by atoms with Crippen molar-refractivity contribution in [2.75, 3.05) is 19.3 Å². The standard InChI is InChI=1S/C19H18N2O4S2/c1-12-3-8-15(25-12)17(22)20-9-10-21-18(23)16(27-19(21)24)11-13-4-6-14(26-2)7-5-13/h3-8,11H,9-10H2,1-2H3,(H,20,22)/b16-11-. The van der Waals surface area contributed by atoms with Crippen LogP contribution in [0.25, 0.3) is 6.08 Å². The van der Waals surface area contributed by atoms with E-state index in [4.69, 9.17) is 4.42 Å². The number of benzene rings is 1. The smallest absolute Gasteiger partial charge is 0.293 e. The summed E-state index contributed by atoms with van der Waals surface area (Å²) in [5, 5.41) is 2.31. The first-order chi connectivity index (χ1) is 13.0. The first-order valence-corrected chi connectivity index (χ1v) is 10.3. The first-order valence-electron chi connectivity index (χ1n) is 8.22. The Bertz CT molecular complexity index is 903. The van der Waals surface area contributed by atoms with Crippen molar-refractivity contribution < 1.29 is 18.8 Å². The van der Waals surface area contributed by atoms with Crippen LogP contribution in [0.2, 0.25) is 0 Å². The average molecular weight is 402 g/mol. The number of furan rings is 1. The molecule has 1 saturated heterocycles. The maximum Gasteiger partial charge on any atom is 0.293 e. The molecule has 0 spiro atoms. The fourth-order valence-corrected chi connectivity index (χ4v) is 3.74. The second kappa shape index (κ2) is 8.49. The van der Waals surface area contributed by atoms with E-state index in [1.165, 1.54) is 0 Å². The molecule has 1 N–H and O–H groups in total. The number of rotatable bonds is 6.